The molecule has 4 nitrogen and oxygen atoms in total. The molecule has 4 heteroatoms. The fourth-order valence-corrected chi connectivity index (χ4v) is 1.38. The summed E-state index contributed by atoms with van der Waals surface area (Å²) in [5.41, 5.74) is 6.95. The molecule has 72 valence electrons. The van der Waals surface area contributed by atoms with Gasteiger partial charge in [-0.2, -0.15) is 0 Å². The normalized spacial score (nSPS) is 10.6. The minimum atomic E-state index is -0.273. The van der Waals surface area contributed by atoms with Gasteiger partial charge in [-0.25, -0.2) is 0 Å². The predicted molar refractivity (Wildman–Crippen MR) is 54.9 cm³/mol. The Bertz CT molecular complexity index is 531. The molecule has 0 aliphatic rings. The first-order chi connectivity index (χ1) is 6.70. The summed E-state index contributed by atoms with van der Waals surface area (Å²) in [6, 6.07) is 6.91. The molecule has 0 aliphatic heterocycles. The molecular weight excluding hydrogens is 180 g/mol. The van der Waals surface area contributed by atoms with Gasteiger partial charge in [0.1, 0.15) is 0 Å². The molecule has 2 rings (SSSR count). The van der Waals surface area contributed by atoms with E-state index in [1.54, 1.807) is 24.3 Å². The fourth-order valence-electron chi connectivity index (χ4n) is 1.38. The van der Waals surface area contributed by atoms with Gasteiger partial charge in [-0.15, -0.1) is 0 Å². The molecule has 1 heterocycles. The van der Waals surface area contributed by atoms with Gasteiger partial charge in [0, 0.05) is 11.3 Å². The first-order valence-electron chi connectivity index (χ1n) is 4.23. The fraction of sp³-hybridized carbons (Fsp3) is 0.100. The number of H-pyrrole nitrogens is 1. The van der Waals surface area contributed by atoms with Gasteiger partial charge in [-0.3, -0.25) is 4.79 Å². The molecule has 0 unspecified atom stereocenters. The topological polar surface area (TPSA) is 79.1 Å². The van der Waals surface area contributed by atoms with E-state index < -0.39 is 0 Å². The average Bonchev–Trinajstić information content (AvgIpc) is 2.16. The molecule has 14 heavy (non-hydrogen) atoms. The van der Waals surface area contributed by atoms with E-state index in [2.05, 4.69) is 4.98 Å². The highest BCUT2D eigenvalue weighted by molar-refractivity contribution is 5.81. The van der Waals surface area contributed by atoms with Crippen molar-refractivity contribution in [1.29, 1.82) is 0 Å². The van der Waals surface area contributed by atoms with Gasteiger partial charge in [0.05, 0.1) is 12.1 Å². The molecule has 0 atom stereocenters. The lowest BCUT2D eigenvalue weighted by Gasteiger charge is -2.01. The molecule has 2 aromatic rings. The summed E-state index contributed by atoms with van der Waals surface area (Å²) in [6.07, 6.45) is 0. The Hall–Kier alpha value is -1.81. The van der Waals surface area contributed by atoms with Crippen molar-refractivity contribution in [2.24, 2.45) is 0 Å². The van der Waals surface area contributed by atoms with Crippen molar-refractivity contribution in [2.45, 2.75) is 6.61 Å². The van der Waals surface area contributed by atoms with Crippen LogP contribution < -0.4 is 11.3 Å². The third-order valence-corrected chi connectivity index (χ3v) is 2.12. The van der Waals surface area contributed by atoms with Crippen molar-refractivity contribution >= 4 is 16.6 Å². The highest BCUT2D eigenvalue weighted by Crippen LogP contribution is 2.14. The number of anilines is 1. The van der Waals surface area contributed by atoms with E-state index in [1.807, 2.05) is 0 Å². The number of hydrogen-bond acceptors (Lipinski definition) is 3. The van der Waals surface area contributed by atoms with Crippen LogP contribution in [0.2, 0.25) is 0 Å². The molecule has 0 saturated heterocycles. The minimum absolute atomic E-state index is 0.254. The second kappa shape index (κ2) is 3.16. The van der Waals surface area contributed by atoms with E-state index in [9.17, 15) is 4.79 Å². The number of nitrogens with two attached hydrogens (primary N) is 1. The van der Waals surface area contributed by atoms with Crippen molar-refractivity contribution in [1.82, 2.24) is 4.98 Å². The standard InChI is InChI=1S/C10H10N2O2/c11-8-2-1-6-3-7(5-13)10(14)12-9(6)4-8/h1-4,13H,5,11H2,(H,12,14). The molecule has 4 N–H and O–H groups in total. The molecule has 0 aliphatic carbocycles. The van der Waals surface area contributed by atoms with Gasteiger partial charge in [0.25, 0.3) is 5.56 Å². The van der Waals surface area contributed by atoms with Gasteiger partial charge in [0.15, 0.2) is 0 Å². The Morgan fingerprint density at radius 1 is 1.36 bits per heavy atom. The summed E-state index contributed by atoms with van der Waals surface area (Å²) < 4.78 is 0. The average molecular weight is 190 g/mol. The number of fused-ring (bicyclic) bond motifs is 1. The molecule has 1 aromatic carbocycles. The number of aromatic amines is 1. The monoisotopic (exact) mass is 190 g/mol. The number of aliphatic hydroxyl groups excluding tert-OH is 1. The zero-order chi connectivity index (χ0) is 10.1. The Kier molecular flexibility index (Phi) is 1.98. The van der Waals surface area contributed by atoms with Gasteiger partial charge >= 0.3 is 0 Å². The van der Waals surface area contributed by atoms with Crippen LogP contribution in [0.25, 0.3) is 10.9 Å². The summed E-state index contributed by atoms with van der Waals surface area (Å²) in [4.78, 5) is 14.0. The lowest BCUT2D eigenvalue weighted by atomic mass is 10.1. The summed E-state index contributed by atoms with van der Waals surface area (Å²) >= 11 is 0. The molecular formula is C10H10N2O2. The Labute approximate surface area is 80.0 Å². The number of aromatic nitrogens is 1. The number of nitrogen functional groups attached to an aromatic ring is 1. The molecule has 0 amide bonds. The SMILES string of the molecule is Nc1ccc2cc(CO)c(=O)[nH]c2c1. The number of rotatable bonds is 1. The van der Waals surface area contributed by atoms with Crippen LogP contribution in [0.4, 0.5) is 5.69 Å². The third kappa shape index (κ3) is 1.36. The zero-order valence-corrected chi connectivity index (χ0v) is 7.45. The van der Waals surface area contributed by atoms with Crippen molar-refractivity contribution in [3.05, 3.63) is 40.2 Å². The zero-order valence-electron chi connectivity index (χ0n) is 7.45. The van der Waals surface area contributed by atoms with E-state index in [0.29, 0.717) is 16.8 Å². The minimum Gasteiger partial charge on any atom is -0.399 e. The maximum Gasteiger partial charge on any atom is 0.253 e. The van der Waals surface area contributed by atoms with Crippen LogP contribution in [0.15, 0.2) is 29.1 Å². The largest absolute Gasteiger partial charge is 0.399 e. The second-order valence-electron chi connectivity index (χ2n) is 3.13. The van der Waals surface area contributed by atoms with Crippen LogP contribution >= 0.6 is 0 Å². The number of aliphatic hydroxyl groups is 1. The second-order valence-corrected chi connectivity index (χ2v) is 3.13. The molecule has 1 aromatic heterocycles. The van der Waals surface area contributed by atoms with Crippen molar-refractivity contribution in [3.8, 4) is 0 Å². The number of pyridine rings is 1. The highest BCUT2D eigenvalue weighted by atomic mass is 16.3. The van der Waals surface area contributed by atoms with Gasteiger partial charge < -0.3 is 15.8 Å². The van der Waals surface area contributed by atoms with E-state index in [1.165, 1.54) is 0 Å². The Morgan fingerprint density at radius 3 is 2.86 bits per heavy atom. The van der Waals surface area contributed by atoms with Crippen LogP contribution in [-0.4, -0.2) is 10.1 Å². The van der Waals surface area contributed by atoms with Crippen LogP contribution in [0.1, 0.15) is 5.56 Å². The van der Waals surface area contributed by atoms with E-state index in [0.717, 1.165) is 5.39 Å². The highest BCUT2D eigenvalue weighted by Gasteiger charge is 2.01. The molecule has 0 fully saturated rings. The lowest BCUT2D eigenvalue weighted by Crippen LogP contribution is -2.11. The van der Waals surface area contributed by atoms with Crippen LogP contribution in [0.5, 0.6) is 0 Å². The van der Waals surface area contributed by atoms with Gasteiger partial charge in [-0.05, 0) is 23.6 Å². The first kappa shape index (κ1) is 8.77. The van der Waals surface area contributed by atoms with Gasteiger partial charge in [0.2, 0.25) is 0 Å². The Balaban J connectivity index is 2.79. The van der Waals surface area contributed by atoms with Gasteiger partial charge in [-0.1, -0.05) is 6.07 Å². The summed E-state index contributed by atoms with van der Waals surface area (Å²) in [5.74, 6) is 0. The van der Waals surface area contributed by atoms with Crippen LogP contribution in [0.3, 0.4) is 0 Å². The smallest absolute Gasteiger partial charge is 0.253 e. The van der Waals surface area contributed by atoms with E-state index >= 15 is 0 Å². The number of benzene rings is 1. The maximum absolute atomic E-state index is 11.3. The summed E-state index contributed by atoms with van der Waals surface area (Å²) in [6.45, 7) is -0.254. The summed E-state index contributed by atoms with van der Waals surface area (Å²) in [5, 5.41) is 9.75. The Morgan fingerprint density at radius 2 is 2.14 bits per heavy atom. The first-order valence-corrected chi connectivity index (χ1v) is 4.23. The van der Waals surface area contributed by atoms with E-state index in [-0.39, 0.29) is 12.2 Å². The molecule has 0 radical (unpaired) electrons. The van der Waals surface area contributed by atoms with Crippen molar-refractivity contribution < 1.29 is 5.11 Å². The molecule has 0 spiro atoms. The van der Waals surface area contributed by atoms with E-state index in [4.69, 9.17) is 10.8 Å². The predicted octanol–water partition coefficient (Wildman–Crippen LogP) is 0.603. The lowest BCUT2D eigenvalue weighted by molar-refractivity contribution is 0.280. The van der Waals surface area contributed by atoms with Crippen LogP contribution in [0, 0.1) is 0 Å². The maximum atomic E-state index is 11.3. The number of hydrogen-bond donors (Lipinski definition) is 3. The molecule has 0 bridgehead atoms. The quantitative estimate of drug-likeness (QED) is 0.576. The van der Waals surface area contributed by atoms with Crippen molar-refractivity contribution in [3.63, 3.8) is 0 Å². The number of nitrogens with one attached hydrogen (secondary N) is 1. The molecule has 0 saturated carbocycles. The third-order valence-electron chi connectivity index (χ3n) is 2.12. The summed E-state index contributed by atoms with van der Waals surface area (Å²) in [7, 11) is 0. The van der Waals surface area contributed by atoms with Crippen molar-refractivity contribution in [2.75, 3.05) is 5.73 Å². The van der Waals surface area contributed by atoms with Crippen LogP contribution in [-0.2, 0) is 6.61 Å².